The minimum Gasteiger partial charge on any atom is -0.361 e. The van der Waals surface area contributed by atoms with Crippen molar-refractivity contribution in [1.82, 2.24) is 25.0 Å². The maximum Gasteiger partial charge on any atom is 0.191 e. The number of fused-ring (bicyclic) bond motifs is 2. The molecule has 0 amide bonds. The Labute approximate surface area is 192 Å². The summed E-state index contributed by atoms with van der Waals surface area (Å²) in [6.07, 6.45) is 4.78. The van der Waals surface area contributed by atoms with Crippen LogP contribution in [0.15, 0.2) is 53.8 Å². The van der Waals surface area contributed by atoms with E-state index in [9.17, 15) is 4.39 Å². The summed E-state index contributed by atoms with van der Waals surface area (Å²) in [4.78, 5) is 12.4. The maximum atomic E-state index is 13.3. The summed E-state index contributed by atoms with van der Waals surface area (Å²) in [5.74, 6) is 0.528. The van der Waals surface area contributed by atoms with Crippen LogP contribution in [0, 0.1) is 12.7 Å². The molecule has 0 spiro atoms. The van der Waals surface area contributed by atoms with Crippen molar-refractivity contribution < 1.29 is 4.39 Å². The Morgan fingerprint density at radius 3 is 2.90 bits per heavy atom. The number of aliphatic imine (C=N–C) groups is 1. The molecule has 3 heterocycles. The Morgan fingerprint density at radius 1 is 1.23 bits per heavy atom. The Balaban J connectivity index is 0.00000256. The number of nitrogens with zero attached hydrogens (tertiary/aromatic N) is 3. The average molecular weight is 520 g/mol. The SMILES string of the molecule is CCNC(=NCc1cn2c(C)cccc2n1)NCCc1c[nH]c2cc(F)ccc12.I. The molecule has 0 saturated carbocycles. The largest absolute Gasteiger partial charge is 0.361 e. The van der Waals surface area contributed by atoms with Crippen molar-refractivity contribution in [3.8, 4) is 0 Å². The standard InChI is InChI=1S/C22H25FN6.HI/c1-3-24-22(27-13-18-14-29-15(2)5-4-6-21(29)28-18)25-10-9-16-12-26-20-11-17(23)7-8-19(16)20;/h4-8,11-12,14,26H,3,9-10,13H2,1-2H3,(H2,24,25,27);1H. The lowest BCUT2D eigenvalue weighted by Gasteiger charge is -2.10. The van der Waals surface area contributed by atoms with Gasteiger partial charge in [0.25, 0.3) is 0 Å². The molecular formula is C22H26FIN6. The molecule has 0 bridgehead atoms. The Bertz CT molecular complexity index is 1160. The number of aryl methyl sites for hydroxylation is 1. The molecule has 158 valence electrons. The number of pyridine rings is 1. The molecule has 0 fully saturated rings. The van der Waals surface area contributed by atoms with Gasteiger partial charge in [-0.1, -0.05) is 6.07 Å². The molecule has 30 heavy (non-hydrogen) atoms. The summed E-state index contributed by atoms with van der Waals surface area (Å²) < 4.78 is 15.4. The highest BCUT2D eigenvalue weighted by molar-refractivity contribution is 14.0. The molecule has 0 aliphatic heterocycles. The summed E-state index contributed by atoms with van der Waals surface area (Å²) >= 11 is 0. The third-order valence-electron chi connectivity index (χ3n) is 4.91. The topological polar surface area (TPSA) is 69.5 Å². The molecule has 6 nitrogen and oxygen atoms in total. The van der Waals surface area contributed by atoms with E-state index < -0.39 is 0 Å². The monoisotopic (exact) mass is 520 g/mol. The number of hydrogen-bond acceptors (Lipinski definition) is 2. The van der Waals surface area contributed by atoms with Crippen LogP contribution >= 0.6 is 24.0 Å². The Hall–Kier alpha value is -2.62. The highest BCUT2D eigenvalue weighted by atomic mass is 127. The minimum atomic E-state index is -0.229. The van der Waals surface area contributed by atoms with Crippen molar-refractivity contribution in [2.45, 2.75) is 26.8 Å². The summed E-state index contributed by atoms with van der Waals surface area (Å²) in [6.45, 7) is 6.11. The number of H-pyrrole nitrogens is 1. The van der Waals surface area contributed by atoms with Crippen molar-refractivity contribution in [2.24, 2.45) is 4.99 Å². The number of guanidine groups is 1. The highest BCUT2D eigenvalue weighted by Gasteiger charge is 2.06. The second-order valence-electron chi connectivity index (χ2n) is 7.00. The number of hydrogen-bond donors (Lipinski definition) is 3. The predicted molar refractivity (Wildman–Crippen MR) is 130 cm³/mol. The van der Waals surface area contributed by atoms with Crippen LogP contribution in [0.25, 0.3) is 16.6 Å². The highest BCUT2D eigenvalue weighted by Crippen LogP contribution is 2.19. The van der Waals surface area contributed by atoms with E-state index in [2.05, 4.69) is 43.0 Å². The normalized spacial score (nSPS) is 11.6. The van der Waals surface area contributed by atoms with Crippen molar-refractivity contribution >= 4 is 46.5 Å². The lowest BCUT2D eigenvalue weighted by Crippen LogP contribution is -2.38. The van der Waals surface area contributed by atoms with E-state index in [0.717, 1.165) is 59.0 Å². The first-order valence-corrected chi connectivity index (χ1v) is 9.85. The number of nitrogens with one attached hydrogen (secondary N) is 3. The van der Waals surface area contributed by atoms with Gasteiger partial charge in [0.1, 0.15) is 11.5 Å². The van der Waals surface area contributed by atoms with E-state index in [-0.39, 0.29) is 29.8 Å². The molecule has 0 unspecified atom stereocenters. The predicted octanol–water partition coefficient (Wildman–Crippen LogP) is 4.18. The number of aromatic nitrogens is 3. The van der Waals surface area contributed by atoms with Gasteiger partial charge in [-0.3, -0.25) is 0 Å². The van der Waals surface area contributed by atoms with E-state index in [1.54, 1.807) is 0 Å². The zero-order valence-corrected chi connectivity index (χ0v) is 19.4. The molecule has 0 atom stereocenters. The number of imidazole rings is 1. The van der Waals surface area contributed by atoms with Gasteiger partial charge in [-0.2, -0.15) is 0 Å². The molecule has 0 saturated heterocycles. The third-order valence-corrected chi connectivity index (χ3v) is 4.91. The number of aromatic amines is 1. The second kappa shape index (κ2) is 9.92. The first kappa shape index (κ1) is 22.1. The van der Waals surface area contributed by atoms with E-state index >= 15 is 0 Å². The van der Waals surface area contributed by atoms with Gasteiger partial charge >= 0.3 is 0 Å². The smallest absolute Gasteiger partial charge is 0.191 e. The zero-order chi connectivity index (χ0) is 20.2. The van der Waals surface area contributed by atoms with Gasteiger partial charge in [-0.15, -0.1) is 24.0 Å². The number of rotatable bonds is 6. The summed E-state index contributed by atoms with van der Waals surface area (Å²) in [7, 11) is 0. The Morgan fingerprint density at radius 2 is 2.10 bits per heavy atom. The van der Waals surface area contributed by atoms with Crippen LogP contribution in [0.2, 0.25) is 0 Å². The first-order valence-electron chi connectivity index (χ1n) is 9.85. The molecule has 4 aromatic rings. The van der Waals surface area contributed by atoms with Crippen LogP contribution in [0.5, 0.6) is 0 Å². The van der Waals surface area contributed by atoms with Crippen LogP contribution < -0.4 is 10.6 Å². The molecule has 0 radical (unpaired) electrons. The lowest BCUT2D eigenvalue weighted by molar-refractivity contribution is 0.629. The fourth-order valence-electron chi connectivity index (χ4n) is 3.46. The van der Waals surface area contributed by atoms with E-state index in [0.29, 0.717) is 6.54 Å². The van der Waals surface area contributed by atoms with Crippen molar-refractivity contribution in [2.75, 3.05) is 13.1 Å². The second-order valence-corrected chi connectivity index (χ2v) is 7.00. The van der Waals surface area contributed by atoms with Gasteiger partial charge in [-0.25, -0.2) is 14.4 Å². The minimum absolute atomic E-state index is 0. The Kier molecular flexibility index (Phi) is 7.30. The van der Waals surface area contributed by atoms with Gasteiger partial charge < -0.3 is 20.0 Å². The summed E-state index contributed by atoms with van der Waals surface area (Å²) in [5.41, 5.74) is 4.98. The lowest BCUT2D eigenvalue weighted by atomic mass is 10.1. The van der Waals surface area contributed by atoms with Gasteiger partial charge in [-0.05, 0) is 56.2 Å². The van der Waals surface area contributed by atoms with E-state index in [1.807, 2.05) is 37.5 Å². The van der Waals surface area contributed by atoms with Gasteiger partial charge in [0.15, 0.2) is 5.96 Å². The molecule has 1 aromatic carbocycles. The first-order chi connectivity index (χ1) is 14.1. The average Bonchev–Trinajstić information content (AvgIpc) is 3.30. The summed E-state index contributed by atoms with van der Waals surface area (Å²) in [5, 5.41) is 7.69. The van der Waals surface area contributed by atoms with Gasteiger partial charge in [0.05, 0.1) is 12.2 Å². The van der Waals surface area contributed by atoms with E-state index in [1.165, 1.54) is 12.1 Å². The fourth-order valence-corrected chi connectivity index (χ4v) is 3.46. The van der Waals surface area contributed by atoms with Crippen molar-refractivity contribution in [1.29, 1.82) is 0 Å². The van der Waals surface area contributed by atoms with Crippen LogP contribution in [0.3, 0.4) is 0 Å². The molecule has 0 aliphatic rings. The molecular weight excluding hydrogens is 494 g/mol. The van der Waals surface area contributed by atoms with Crippen molar-refractivity contribution in [3.63, 3.8) is 0 Å². The van der Waals surface area contributed by atoms with Gasteiger partial charge in [0, 0.05) is 42.1 Å². The zero-order valence-electron chi connectivity index (χ0n) is 17.1. The van der Waals surface area contributed by atoms with Gasteiger partial charge in [0.2, 0.25) is 0 Å². The molecule has 3 N–H and O–H groups in total. The fraction of sp³-hybridized carbons (Fsp3) is 0.273. The summed E-state index contributed by atoms with van der Waals surface area (Å²) in [6, 6.07) is 10.9. The van der Waals surface area contributed by atoms with Crippen LogP contribution in [-0.2, 0) is 13.0 Å². The molecule has 4 rings (SSSR count). The number of benzene rings is 1. The maximum absolute atomic E-state index is 13.3. The number of halogens is 2. The molecule has 8 heteroatoms. The van der Waals surface area contributed by atoms with Crippen LogP contribution in [-0.4, -0.2) is 33.4 Å². The molecule has 3 aromatic heterocycles. The third kappa shape index (κ3) is 4.92. The van der Waals surface area contributed by atoms with Crippen LogP contribution in [0.4, 0.5) is 4.39 Å². The van der Waals surface area contributed by atoms with E-state index in [4.69, 9.17) is 0 Å². The van der Waals surface area contributed by atoms with Crippen LogP contribution in [0.1, 0.15) is 23.9 Å². The quantitative estimate of drug-likeness (QED) is 0.203. The van der Waals surface area contributed by atoms with Crippen molar-refractivity contribution in [3.05, 3.63) is 71.6 Å². The molecule has 0 aliphatic carbocycles.